The first-order chi connectivity index (χ1) is 15.7. The molecule has 3 aromatic rings. The van der Waals surface area contributed by atoms with E-state index in [1.54, 1.807) is 12.1 Å². The molecule has 0 radical (unpaired) electrons. The van der Waals surface area contributed by atoms with Crippen molar-refractivity contribution in [3.05, 3.63) is 114 Å². The Hall–Kier alpha value is -3.28. The summed E-state index contributed by atoms with van der Waals surface area (Å²) in [5.41, 5.74) is 10.1. The van der Waals surface area contributed by atoms with Crippen molar-refractivity contribution in [1.29, 1.82) is 0 Å². The normalized spacial score (nSPS) is 11.6. The second-order valence-electron chi connectivity index (χ2n) is 7.57. The summed E-state index contributed by atoms with van der Waals surface area (Å²) in [6.45, 7) is 1.42. The van der Waals surface area contributed by atoms with Gasteiger partial charge in [-0.05, 0) is 60.3 Å². The maximum Gasteiger partial charge on any atom is 0.237 e. The van der Waals surface area contributed by atoms with Crippen molar-refractivity contribution in [3.8, 4) is 0 Å². The minimum atomic E-state index is -0.370. The van der Waals surface area contributed by atoms with E-state index < -0.39 is 0 Å². The van der Waals surface area contributed by atoms with Gasteiger partial charge in [-0.3, -0.25) is 4.79 Å². The number of nitrogens with one attached hydrogen (secondary N) is 2. The molecule has 0 aliphatic rings. The van der Waals surface area contributed by atoms with E-state index in [0.717, 1.165) is 23.1 Å². The molecule has 32 heavy (non-hydrogen) atoms. The zero-order chi connectivity index (χ0) is 22.6. The number of nitrogens with two attached hydrogens (primary N) is 1. The highest BCUT2D eigenvalue weighted by atomic mass is 19.1. The highest BCUT2D eigenvalue weighted by Crippen LogP contribution is 2.23. The molecule has 4 nitrogen and oxygen atoms in total. The predicted molar refractivity (Wildman–Crippen MR) is 128 cm³/mol. The number of carbonyl (C=O) groups is 1. The third-order valence-corrected chi connectivity index (χ3v) is 5.20. The summed E-state index contributed by atoms with van der Waals surface area (Å²) in [6, 6.07) is 26.3. The van der Waals surface area contributed by atoms with E-state index in [2.05, 4.69) is 41.0 Å². The second kappa shape index (κ2) is 12.5. The van der Waals surface area contributed by atoms with Crippen molar-refractivity contribution in [2.75, 3.05) is 13.1 Å². The number of halogens is 1. The number of hydrogen-bond acceptors (Lipinski definition) is 3. The maximum absolute atomic E-state index is 13.0. The second-order valence-corrected chi connectivity index (χ2v) is 7.57. The highest BCUT2D eigenvalue weighted by Gasteiger charge is 2.16. The summed E-state index contributed by atoms with van der Waals surface area (Å²) in [5.74, 6) is -0.392. The van der Waals surface area contributed by atoms with Gasteiger partial charge in [-0.15, -0.1) is 0 Å². The van der Waals surface area contributed by atoms with Gasteiger partial charge in [0.15, 0.2) is 0 Å². The number of rotatable bonds is 11. The largest absolute Gasteiger partial charge is 0.351 e. The van der Waals surface area contributed by atoms with Crippen LogP contribution in [-0.2, 0) is 11.3 Å². The Kier molecular flexibility index (Phi) is 9.17. The first kappa shape index (κ1) is 23.4. The molecule has 0 aliphatic heterocycles. The molecule has 0 saturated carbocycles. The zero-order valence-electron chi connectivity index (χ0n) is 18.1. The summed E-state index contributed by atoms with van der Waals surface area (Å²) >= 11 is 0. The molecule has 1 atom stereocenters. The van der Waals surface area contributed by atoms with Crippen LogP contribution in [0.3, 0.4) is 0 Å². The van der Waals surface area contributed by atoms with Crippen LogP contribution in [0.5, 0.6) is 0 Å². The molecule has 4 N–H and O–H groups in total. The first-order valence-corrected chi connectivity index (χ1v) is 10.9. The molecule has 3 aromatic carbocycles. The third-order valence-electron chi connectivity index (χ3n) is 5.20. The Bertz CT molecular complexity index is 947. The van der Waals surface area contributed by atoms with Crippen LogP contribution < -0.4 is 16.4 Å². The van der Waals surface area contributed by atoms with Crippen LogP contribution in [0.15, 0.2) is 91.0 Å². The van der Waals surface area contributed by atoms with Crippen molar-refractivity contribution < 1.29 is 9.18 Å². The molecule has 0 fully saturated rings. The predicted octanol–water partition coefficient (Wildman–Crippen LogP) is 4.27. The lowest BCUT2D eigenvalue weighted by Crippen LogP contribution is -2.45. The van der Waals surface area contributed by atoms with Gasteiger partial charge in [0.25, 0.3) is 0 Å². The summed E-state index contributed by atoms with van der Waals surface area (Å²) in [5, 5.41) is 6.24. The van der Waals surface area contributed by atoms with Crippen LogP contribution >= 0.6 is 0 Å². The van der Waals surface area contributed by atoms with Crippen molar-refractivity contribution in [2.24, 2.45) is 5.73 Å². The quantitative estimate of drug-likeness (QED) is 0.397. The van der Waals surface area contributed by atoms with E-state index in [4.69, 9.17) is 5.73 Å². The molecule has 0 bridgehead atoms. The average molecular weight is 432 g/mol. The van der Waals surface area contributed by atoms with Crippen molar-refractivity contribution in [1.82, 2.24) is 10.6 Å². The number of hydrogen-bond donors (Lipinski definition) is 3. The van der Waals surface area contributed by atoms with Crippen LogP contribution in [0, 0.1) is 5.82 Å². The first-order valence-electron chi connectivity index (χ1n) is 10.9. The van der Waals surface area contributed by atoms with Gasteiger partial charge < -0.3 is 16.4 Å². The molecule has 1 unspecified atom stereocenters. The summed E-state index contributed by atoms with van der Waals surface area (Å²) in [4.78, 5) is 12.6. The standard InChI is InChI=1S/C27H30FN3O/c28-24-15-13-21(14-16-24)20-31-27(32)26(17-18-29)30-19-7-12-25(22-8-3-1-4-9-22)23-10-5-2-6-11-23/h1-6,8-16,26,30H,7,17-20,29H2,(H,31,32). The van der Waals surface area contributed by atoms with E-state index >= 15 is 0 Å². The van der Waals surface area contributed by atoms with Crippen LogP contribution in [-0.4, -0.2) is 25.0 Å². The molecular weight excluding hydrogens is 401 g/mol. The smallest absolute Gasteiger partial charge is 0.237 e. The van der Waals surface area contributed by atoms with Crippen LogP contribution in [0.1, 0.15) is 29.5 Å². The van der Waals surface area contributed by atoms with Crippen molar-refractivity contribution in [3.63, 3.8) is 0 Å². The summed E-state index contributed by atoms with van der Waals surface area (Å²) < 4.78 is 13.0. The van der Waals surface area contributed by atoms with E-state index in [0.29, 0.717) is 26.1 Å². The van der Waals surface area contributed by atoms with Gasteiger partial charge in [-0.2, -0.15) is 0 Å². The fraction of sp³-hybridized carbons (Fsp3) is 0.222. The maximum atomic E-state index is 13.0. The molecule has 3 rings (SSSR count). The van der Waals surface area contributed by atoms with Gasteiger partial charge in [0.1, 0.15) is 5.82 Å². The van der Waals surface area contributed by atoms with E-state index in [-0.39, 0.29) is 17.8 Å². The number of amides is 1. The van der Waals surface area contributed by atoms with Gasteiger partial charge in [0, 0.05) is 6.54 Å². The Morgan fingerprint density at radius 2 is 1.50 bits per heavy atom. The molecular formula is C27H30FN3O. The molecule has 0 saturated heterocycles. The van der Waals surface area contributed by atoms with Gasteiger partial charge >= 0.3 is 0 Å². The van der Waals surface area contributed by atoms with Crippen molar-refractivity contribution >= 4 is 11.5 Å². The van der Waals surface area contributed by atoms with Crippen molar-refractivity contribution in [2.45, 2.75) is 25.4 Å². The van der Waals surface area contributed by atoms with Crippen LogP contribution in [0.2, 0.25) is 0 Å². The molecule has 0 aliphatic carbocycles. The SMILES string of the molecule is NCCC(NCCC=C(c1ccccc1)c1ccccc1)C(=O)NCc1ccc(F)cc1. The fourth-order valence-corrected chi connectivity index (χ4v) is 3.52. The van der Waals surface area contributed by atoms with Gasteiger partial charge in [0.05, 0.1) is 6.04 Å². The Balaban J connectivity index is 1.58. The monoisotopic (exact) mass is 431 g/mol. The van der Waals surface area contributed by atoms with Gasteiger partial charge in [-0.1, -0.05) is 78.9 Å². The lowest BCUT2D eigenvalue weighted by atomic mass is 9.97. The van der Waals surface area contributed by atoms with Gasteiger partial charge in [-0.25, -0.2) is 4.39 Å². The Morgan fingerprint density at radius 1 is 0.906 bits per heavy atom. The lowest BCUT2D eigenvalue weighted by Gasteiger charge is -2.18. The average Bonchev–Trinajstić information content (AvgIpc) is 2.84. The minimum absolute atomic E-state index is 0.102. The fourth-order valence-electron chi connectivity index (χ4n) is 3.52. The topological polar surface area (TPSA) is 67.1 Å². The third kappa shape index (κ3) is 7.15. The Morgan fingerprint density at radius 3 is 2.06 bits per heavy atom. The van der Waals surface area contributed by atoms with E-state index in [1.807, 2.05) is 36.4 Å². The summed E-state index contributed by atoms with van der Waals surface area (Å²) in [7, 11) is 0. The highest BCUT2D eigenvalue weighted by molar-refractivity contribution is 5.82. The molecule has 0 heterocycles. The van der Waals surface area contributed by atoms with E-state index in [9.17, 15) is 9.18 Å². The molecule has 0 aromatic heterocycles. The lowest BCUT2D eigenvalue weighted by molar-refractivity contribution is -0.123. The summed E-state index contributed by atoms with van der Waals surface area (Å²) in [6.07, 6.45) is 3.52. The molecule has 5 heteroatoms. The zero-order valence-corrected chi connectivity index (χ0v) is 18.1. The number of benzene rings is 3. The molecule has 0 spiro atoms. The molecule has 166 valence electrons. The molecule has 1 amide bonds. The minimum Gasteiger partial charge on any atom is -0.351 e. The number of carbonyl (C=O) groups excluding carboxylic acids is 1. The van der Waals surface area contributed by atoms with Gasteiger partial charge in [0.2, 0.25) is 5.91 Å². The van der Waals surface area contributed by atoms with Crippen LogP contribution in [0.4, 0.5) is 4.39 Å². The van der Waals surface area contributed by atoms with E-state index in [1.165, 1.54) is 17.7 Å². The van der Waals surface area contributed by atoms with Crippen LogP contribution in [0.25, 0.3) is 5.57 Å². The Labute approximate surface area is 189 Å².